The van der Waals surface area contributed by atoms with Crippen molar-refractivity contribution in [1.82, 2.24) is 10.2 Å². The van der Waals surface area contributed by atoms with Crippen LogP contribution in [0.2, 0.25) is 0 Å². The molecule has 0 heterocycles. The summed E-state index contributed by atoms with van der Waals surface area (Å²) in [5.74, 6) is 0.560. The van der Waals surface area contributed by atoms with E-state index in [1.807, 2.05) is 6.07 Å². The summed E-state index contributed by atoms with van der Waals surface area (Å²) in [6, 6.07) is 31.6. The number of nitrogens with zero attached hydrogens (tertiary/aromatic N) is 1. The Morgan fingerprint density at radius 3 is 1.52 bits per heavy atom. The minimum atomic E-state index is -0.466. The second kappa shape index (κ2) is 15.9. The van der Waals surface area contributed by atoms with Gasteiger partial charge in [0, 0.05) is 25.7 Å². The molecule has 0 aromatic heterocycles. The summed E-state index contributed by atoms with van der Waals surface area (Å²) in [4.78, 5) is 2.43. The van der Waals surface area contributed by atoms with Crippen molar-refractivity contribution in [3.05, 3.63) is 108 Å². The summed E-state index contributed by atoms with van der Waals surface area (Å²) in [7, 11) is 0. The van der Waals surface area contributed by atoms with Crippen LogP contribution >= 0.6 is 24.8 Å². The molecule has 0 radical (unpaired) electrons. The van der Waals surface area contributed by atoms with Crippen LogP contribution in [0.1, 0.15) is 30.5 Å². The van der Waals surface area contributed by atoms with Gasteiger partial charge in [-0.25, -0.2) is 0 Å². The number of nitrogens with one attached hydrogen (secondary N) is 1. The van der Waals surface area contributed by atoms with E-state index in [9.17, 15) is 5.11 Å². The lowest BCUT2D eigenvalue weighted by Crippen LogP contribution is -2.48. The van der Waals surface area contributed by atoms with Gasteiger partial charge in [-0.1, -0.05) is 105 Å². The second-order valence-corrected chi connectivity index (χ2v) is 8.75. The molecule has 180 valence electrons. The molecule has 0 aliphatic carbocycles. The van der Waals surface area contributed by atoms with Crippen molar-refractivity contribution in [3.8, 4) is 0 Å². The molecule has 3 aromatic carbocycles. The first-order chi connectivity index (χ1) is 15.1. The van der Waals surface area contributed by atoms with E-state index < -0.39 is 6.10 Å². The first-order valence-corrected chi connectivity index (χ1v) is 11.4. The summed E-state index contributed by atoms with van der Waals surface area (Å²) in [6.45, 7) is 7.49. The van der Waals surface area contributed by atoms with Gasteiger partial charge in [0.15, 0.2) is 0 Å². The number of hydrogen-bond acceptors (Lipinski definition) is 3. The van der Waals surface area contributed by atoms with Crippen molar-refractivity contribution in [2.75, 3.05) is 13.1 Å². The molecule has 0 saturated carbocycles. The lowest BCUT2D eigenvalue weighted by atomic mass is 9.97. The van der Waals surface area contributed by atoms with Gasteiger partial charge >= 0.3 is 0 Å². The Kier molecular flexibility index (Phi) is 14.0. The zero-order chi connectivity index (χ0) is 21.9. The summed E-state index contributed by atoms with van der Waals surface area (Å²) in [5.41, 5.74) is 3.78. The Labute approximate surface area is 212 Å². The maximum absolute atomic E-state index is 11.3. The predicted octanol–water partition coefficient (Wildman–Crippen LogP) is 5.75. The molecule has 0 amide bonds. The Morgan fingerprint density at radius 1 is 0.667 bits per heavy atom. The molecule has 2 atom stereocenters. The van der Waals surface area contributed by atoms with Crippen molar-refractivity contribution in [3.63, 3.8) is 0 Å². The van der Waals surface area contributed by atoms with Gasteiger partial charge in [0.25, 0.3) is 0 Å². The van der Waals surface area contributed by atoms with E-state index >= 15 is 0 Å². The summed E-state index contributed by atoms with van der Waals surface area (Å²) >= 11 is 0. The Balaban J connectivity index is 0.00000272. The number of rotatable bonds is 12. The Bertz CT molecular complexity index is 821. The average Bonchev–Trinajstić information content (AvgIpc) is 2.79. The molecule has 0 spiro atoms. The van der Waals surface area contributed by atoms with Gasteiger partial charge in [0.1, 0.15) is 0 Å². The average molecular weight is 490 g/mol. The number of hydrogen-bond donors (Lipinski definition) is 2. The summed E-state index contributed by atoms with van der Waals surface area (Å²) in [5, 5.41) is 14.8. The van der Waals surface area contributed by atoms with E-state index in [0.29, 0.717) is 12.5 Å². The normalized spacial score (nSPS) is 12.6. The van der Waals surface area contributed by atoms with Crippen LogP contribution in [0.4, 0.5) is 0 Å². The summed E-state index contributed by atoms with van der Waals surface area (Å²) < 4.78 is 0. The third-order valence-corrected chi connectivity index (χ3v) is 5.56. The van der Waals surface area contributed by atoms with Crippen LogP contribution in [0, 0.1) is 5.92 Å². The third kappa shape index (κ3) is 10.3. The predicted molar refractivity (Wildman–Crippen MR) is 144 cm³/mol. The van der Waals surface area contributed by atoms with E-state index in [0.717, 1.165) is 26.1 Å². The first-order valence-electron chi connectivity index (χ1n) is 11.4. The maximum atomic E-state index is 11.3. The van der Waals surface area contributed by atoms with Crippen LogP contribution in [0.25, 0.3) is 0 Å². The van der Waals surface area contributed by atoms with Crippen molar-refractivity contribution in [2.24, 2.45) is 5.92 Å². The number of benzene rings is 3. The van der Waals surface area contributed by atoms with Crippen LogP contribution < -0.4 is 5.32 Å². The van der Waals surface area contributed by atoms with Gasteiger partial charge in [0.2, 0.25) is 0 Å². The molecule has 3 aromatic rings. The van der Waals surface area contributed by atoms with Gasteiger partial charge in [-0.05, 0) is 35.6 Å². The molecule has 0 fully saturated rings. The van der Waals surface area contributed by atoms with Gasteiger partial charge in [-0.3, -0.25) is 4.90 Å². The second-order valence-electron chi connectivity index (χ2n) is 8.75. The topological polar surface area (TPSA) is 35.5 Å². The van der Waals surface area contributed by atoms with Gasteiger partial charge in [-0.15, -0.1) is 24.8 Å². The zero-order valence-corrected chi connectivity index (χ0v) is 21.3. The molecule has 5 heteroatoms. The Hall–Kier alpha value is -1.88. The molecule has 2 unspecified atom stereocenters. The van der Waals surface area contributed by atoms with Crippen LogP contribution in [0.15, 0.2) is 91.0 Å². The molecule has 0 aliphatic rings. The van der Waals surface area contributed by atoms with E-state index in [-0.39, 0.29) is 30.9 Å². The van der Waals surface area contributed by atoms with Crippen molar-refractivity contribution in [2.45, 2.75) is 45.5 Å². The molecule has 33 heavy (non-hydrogen) atoms. The minimum Gasteiger partial charge on any atom is -0.390 e. The van der Waals surface area contributed by atoms with E-state index in [2.05, 4.69) is 109 Å². The lowest BCUT2D eigenvalue weighted by Gasteiger charge is -2.36. The standard InChI is InChI=1S/C28H36N2O.2ClH/c1-23(2)19-29-20-28(31)27(18-24-12-6-3-7-13-24)30(21-25-14-8-4-9-15-25)22-26-16-10-5-11-17-26;;/h3-17,23,27-29,31H,18-22H2,1-2H3;2*1H. The molecular weight excluding hydrogens is 451 g/mol. The first kappa shape index (κ1) is 29.2. The molecule has 3 rings (SSSR count). The van der Waals surface area contributed by atoms with Gasteiger partial charge in [0.05, 0.1) is 6.10 Å². The zero-order valence-electron chi connectivity index (χ0n) is 19.6. The SMILES string of the molecule is CC(C)CNCC(O)C(Cc1ccccc1)N(Cc1ccccc1)Cc1ccccc1.Cl.Cl. The fourth-order valence-corrected chi connectivity index (χ4v) is 3.95. The minimum absolute atomic E-state index is 0. The van der Waals surface area contributed by atoms with Crippen molar-refractivity contribution in [1.29, 1.82) is 0 Å². The Morgan fingerprint density at radius 2 is 1.09 bits per heavy atom. The van der Waals surface area contributed by atoms with Gasteiger partial charge in [-0.2, -0.15) is 0 Å². The number of aliphatic hydroxyl groups is 1. The third-order valence-electron chi connectivity index (χ3n) is 5.56. The fraction of sp³-hybridized carbons (Fsp3) is 0.357. The van der Waals surface area contributed by atoms with E-state index in [1.165, 1.54) is 16.7 Å². The van der Waals surface area contributed by atoms with E-state index in [1.54, 1.807) is 0 Å². The molecule has 0 aliphatic heterocycles. The van der Waals surface area contributed by atoms with Crippen LogP contribution in [0.5, 0.6) is 0 Å². The highest BCUT2D eigenvalue weighted by molar-refractivity contribution is 5.85. The fourth-order valence-electron chi connectivity index (χ4n) is 3.95. The molecule has 0 bridgehead atoms. The molecule has 3 nitrogen and oxygen atoms in total. The molecule has 0 saturated heterocycles. The van der Waals surface area contributed by atoms with Crippen molar-refractivity contribution >= 4 is 24.8 Å². The van der Waals surface area contributed by atoms with Crippen LogP contribution in [-0.4, -0.2) is 35.2 Å². The maximum Gasteiger partial charge on any atom is 0.0822 e. The molecular formula is C28H38Cl2N2O. The molecule has 2 N–H and O–H groups in total. The monoisotopic (exact) mass is 488 g/mol. The van der Waals surface area contributed by atoms with Crippen LogP contribution in [0.3, 0.4) is 0 Å². The van der Waals surface area contributed by atoms with E-state index in [4.69, 9.17) is 0 Å². The highest BCUT2D eigenvalue weighted by Gasteiger charge is 2.27. The largest absolute Gasteiger partial charge is 0.390 e. The lowest BCUT2D eigenvalue weighted by molar-refractivity contribution is 0.0390. The quantitative estimate of drug-likeness (QED) is 0.340. The van der Waals surface area contributed by atoms with Gasteiger partial charge < -0.3 is 10.4 Å². The van der Waals surface area contributed by atoms with Crippen molar-refractivity contribution < 1.29 is 5.11 Å². The smallest absolute Gasteiger partial charge is 0.0822 e. The highest BCUT2D eigenvalue weighted by atomic mass is 35.5. The number of halogens is 2. The highest BCUT2D eigenvalue weighted by Crippen LogP contribution is 2.19. The van der Waals surface area contributed by atoms with Crippen LogP contribution in [-0.2, 0) is 19.5 Å². The number of aliphatic hydroxyl groups excluding tert-OH is 1. The summed E-state index contributed by atoms with van der Waals surface area (Å²) in [6.07, 6.45) is 0.344.